The van der Waals surface area contributed by atoms with Gasteiger partial charge in [-0.1, -0.05) is 17.2 Å². The average Bonchev–Trinajstić information content (AvgIpc) is 2.69. The van der Waals surface area contributed by atoms with E-state index in [1.54, 1.807) is 20.8 Å². The van der Waals surface area contributed by atoms with Gasteiger partial charge in [0, 0.05) is 17.7 Å². The molecule has 1 aliphatic rings. The van der Waals surface area contributed by atoms with Gasteiger partial charge in [0.25, 0.3) is 11.6 Å². The van der Waals surface area contributed by atoms with E-state index in [0.29, 0.717) is 11.1 Å². The fraction of sp³-hybridized carbons (Fsp3) is 0.421. The van der Waals surface area contributed by atoms with Crippen LogP contribution in [0.3, 0.4) is 0 Å². The zero-order valence-corrected chi connectivity index (χ0v) is 17.5. The largest absolute Gasteiger partial charge is 0.508 e. The Balaban J connectivity index is 1.84. The zero-order valence-electron chi connectivity index (χ0n) is 16.8. The lowest BCUT2D eigenvalue weighted by Gasteiger charge is -2.42. The van der Waals surface area contributed by atoms with Gasteiger partial charge >= 0.3 is 12.1 Å². The number of benzene rings is 1. The van der Waals surface area contributed by atoms with Crippen LogP contribution in [-0.4, -0.2) is 39.6 Å². The van der Waals surface area contributed by atoms with E-state index in [-0.39, 0.29) is 12.3 Å². The smallest absolute Gasteiger partial charge is 0.430 e. The number of nitro benzene ring substituents is 1. The summed E-state index contributed by atoms with van der Waals surface area (Å²) in [5.74, 6) is -2.19. The van der Waals surface area contributed by atoms with Crippen LogP contribution in [0.1, 0.15) is 33.3 Å². The van der Waals surface area contributed by atoms with Crippen molar-refractivity contribution >= 4 is 35.3 Å². The van der Waals surface area contributed by atoms with E-state index in [2.05, 4.69) is 0 Å². The summed E-state index contributed by atoms with van der Waals surface area (Å²) < 4.78 is 10.0. The first kappa shape index (κ1) is 23.1. The number of hydroxylamine groups is 2. The highest BCUT2D eigenvalue weighted by molar-refractivity contribution is 6.25. The molecule has 1 amide bonds. The Hall–Kier alpha value is -3.14. The molecule has 0 bridgehead atoms. The molecule has 1 aromatic carbocycles. The molecule has 10 nitrogen and oxygen atoms in total. The second-order valence-corrected chi connectivity index (χ2v) is 7.30. The first-order valence-corrected chi connectivity index (χ1v) is 9.36. The van der Waals surface area contributed by atoms with Crippen LogP contribution in [-0.2, 0) is 30.5 Å². The molecule has 11 heteroatoms. The molecule has 0 N–H and O–H groups in total. The number of β-lactam (4-membered cyclic amide) rings is 1. The molecular formula is C19H21ClN2O8. The molecule has 0 aliphatic carbocycles. The van der Waals surface area contributed by atoms with Crippen molar-refractivity contribution in [1.82, 2.24) is 5.06 Å². The van der Waals surface area contributed by atoms with Gasteiger partial charge in [-0.2, -0.15) is 5.06 Å². The number of amides is 1. The van der Waals surface area contributed by atoms with E-state index in [4.69, 9.17) is 25.9 Å². The molecule has 0 unspecified atom stereocenters. The number of carbonyl (C=O) groups excluding carboxylic acids is 3. The molecule has 1 fully saturated rings. The van der Waals surface area contributed by atoms with Gasteiger partial charge in [-0.05, 0) is 45.4 Å². The molecule has 1 heterocycles. The van der Waals surface area contributed by atoms with Crippen molar-refractivity contribution in [3.63, 3.8) is 0 Å². The summed E-state index contributed by atoms with van der Waals surface area (Å²) in [6, 6.07) is 5.45. The van der Waals surface area contributed by atoms with Crippen molar-refractivity contribution in [2.75, 3.05) is 0 Å². The Labute approximate surface area is 177 Å². The van der Waals surface area contributed by atoms with Crippen molar-refractivity contribution in [3.05, 3.63) is 51.1 Å². The molecule has 1 saturated heterocycles. The van der Waals surface area contributed by atoms with Gasteiger partial charge in [0.2, 0.25) is 0 Å². The Bertz CT molecular complexity index is 879. The van der Waals surface area contributed by atoms with Crippen molar-refractivity contribution in [2.45, 2.75) is 45.9 Å². The third-order valence-corrected chi connectivity index (χ3v) is 5.00. The quantitative estimate of drug-likeness (QED) is 0.120. The molecule has 1 aliphatic heterocycles. The number of non-ortho nitro benzene ring substituents is 1. The Morgan fingerprint density at radius 1 is 1.23 bits per heavy atom. The van der Waals surface area contributed by atoms with Crippen LogP contribution in [0, 0.1) is 16.0 Å². The molecule has 0 radical (unpaired) electrons. The van der Waals surface area contributed by atoms with Crippen LogP contribution in [0.5, 0.6) is 0 Å². The first-order valence-electron chi connectivity index (χ1n) is 8.93. The van der Waals surface area contributed by atoms with E-state index in [1.165, 1.54) is 31.2 Å². The van der Waals surface area contributed by atoms with E-state index in [0.717, 1.165) is 10.6 Å². The van der Waals surface area contributed by atoms with Crippen molar-refractivity contribution in [1.29, 1.82) is 0 Å². The van der Waals surface area contributed by atoms with Crippen molar-refractivity contribution in [3.8, 4) is 0 Å². The second kappa shape index (κ2) is 9.57. The Morgan fingerprint density at radius 3 is 2.33 bits per heavy atom. The molecule has 0 aromatic heterocycles. The van der Waals surface area contributed by atoms with Crippen LogP contribution in [0.4, 0.5) is 10.5 Å². The Morgan fingerprint density at radius 2 is 1.83 bits per heavy atom. The number of hydrogen-bond donors (Lipinski definition) is 0. The molecule has 1 aromatic rings. The number of nitrogens with zero attached hydrogens (tertiary/aromatic N) is 2. The van der Waals surface area contributed by atoms with E-state index in [1.807, 2.05) is 0 Å². The second-order valence-electron chi connectivity index (χ2n) is 6.85. The maximum Gasteiger partial charge on any atom is 0.508 e. The molecule has 3 atom stereocenters. The average molecular weight is 441 g/mol. The van der Waals surface area contributed by atoms with Gasteiger partial charge in [-0.25, -0.2) is 9.59 Å². The number of hydrogen-bond acceptors (Lipinski definition) is 8. The maximum atomic E-state index is 12.3. The topological polar surface area (TPSA) is 125 Å². The summed E-state index contributed by atoms with van der Waals surface area (Å²) in [7, 11) is 0. The summed E-state index contributed by atoms with van der Waals surface area (Å²) in [4.78, 5) is 51.1. The maximum absolute atomic E-state index is 12.3. The fourth-order valence-corrected chi connectivity index (χ4v) is 2.90. The van der Waals surface area contributed by atoms with Crippen molar-refractivity contribution < 1.29 is 33.6 Å². The van der Waals surface area contributed by atoms with Gasteiger partial charge in [0.05, 0.1) is 4.92 Å². The minimum atomic E-state index is -1.03. The minimum Gasteiger partial charge on any atom is -0.430 e. The lowest BCUT2D eigenvalue weighted by molar-refractivity contribution is -0.384. The highest BCUT2D eigenvalue weighted by Gasteiger charge is 2.53. The predicted octanol–water partition coefficient (Wildman–Crippen LogP) is 3.47. The number of alkyl halides is 1. The predicted molar refractivity (Wildman–Crippen MR) is 104 cm³/mol. The van der Waals surface area contributed by atoms with Crippen LogP contribution in [0.2, 0.25) is 0 Å². The van der Waals surface area contributed by atoms with Crippen LogP contribution >= 0.6 is 11.6 Å². The molecule has 162 valence electrons. The normalized spacial score (nSPS) is 18.7. The third kappa shape index (κ3) is 5.26. The monoisotopic (exact) mass is 440 g/mol. The summed E-state index contributed by atoms with van der Waals surface area (Å²) in [6.07, 6.45) is -1.96. The lowest BCUT2D eigenvalue weighted by Crippen LogP contribution is -2.62. The van der Waals surface area contributed by atoms with E-state index in [9.17, 15) is 24.5 Å². The van der Waals surface area contributed by atoms with Gasteiger partial charge in [-0.3, -0.25) is 14.9 Å². The fourth-order valence-electron chi connectivity index (χ4n) is 2.45. The Kier molecular flexibility index (Phi) is 7.38. The van der Waals surface area contributed by atoms with E-state index >= 15 is 0 Å². The summed E-state index contributed by atoms with van der Waals surface area (Å²) in [6.45, 7) is 6.32. The van der Waals surface area contributed by atoms with Gasteiger partial charge in [0.15, 0.2) is 5.50 Å². The summed E-state index contributed by atoms with van der Waals surface area (Å²) in [5.41, 5.74) is 0.533. The summed E-state index contributed by atoms with van der Waals surface area (Å²) in [5, 5.41) is 11.4. The number of allylic oxidation sites excluding steroid dienone is 1. The highest BCUT2D eigenvalue weighted by Crippen LogP contribution is 2.34. The number of halogens is 1. The van der Waals surface area contributed by atoms with Crippen molar-refractivity contribution in [2.24, 2.45) is 5.92 Å². The minimum absolute atomic E-state index is 0.0864. The van der Waals surface area contributed by atoms with E-state index < -0.39 is 40.5 Å². The van der Waals surface area contributed by atoms with Gasteiger partial charge in [0.1, 0.15) is 18.6 Å². The van der Waals surface area contributed by atoms with Gasteiger partial charge < -0.3 is 14.3 Å². The zero-order chi connectivity index (χ0) is 22.6. The number of rotatable bonds is 7. The highest BCUT2D eigenvalue weighted by atomic mass is 35.5. The standard InChI is InChI=1S/C19H21ClN2O8/c1-10(2)11(3)18(24)30-21-16(20)15(17(21)23)12(4)29-19(25)28-9-13-5-7-14(8-6-13)22(26)27/h5-8,12,15-16H,9H2,1-4H3/t12-,15+,16-/m0/s1. The number of ether oxygens (including phenoxy) is 2. The van der Waals surface area contributed by atoms with Crippen LogP contribution < -0.4 is 0 Å². The van der Waals surface area contributed by atoms with Gasteiger partial charge in [-0.15, -0.1) is 0 Å². The molecule has 0 saturated carbocycles. The number of nitro groups is 1. The molecule has 2 rings (SSSR count). The van der Waals surface area contributed by atoms with Crippen LogP contribution in [0.15, 0.2) is 35.4 Å². The SMILES string of the molecule is CC(C)=C(C)C(=O)ON1C(=O)[C@H]([C@H](C)OC(=O)OCc2ccc([N+](=O)[O-])cc2)[C@H]1Cl. The first-order chi connectivity index (χ1) is 14.0. The molecular weight excluding hydrogens is 420 g/mol. The lowest BCUT2D eigenvalue weighted by atomic mass is 9.95. The summed E-state index contributed by atoms with van der Waals surface area (Å²) >= 11 is 6.12. The number of carbonyl (C=O) groups is 3. The van der Waals surface area contributed by atoms with Crippen LogP contribution in [0.25, 0.3) is 0 Å². The third-order valence-electron chi connectivity index (χ3n) is 4.55. The molecule has 0 spiro atoms. The molecule has 30 heavy (non-hydrogen) atoms.